The molecule has 0 spiro atoms. The molecule has 6 nitrogen and oxygen atoms in total. The van der Waals surface area contributed by atoms with Gasteiger partial charge >= 0.3 is 0 Å². The average molecular weight is 308 g/mol. The van der Waals surface area contributed by atoms with Crippen molar-refractivity contribution in [1.29, 1.82) is 0 Å². The molecule has 0 amide bonds. The smallest absolute Gasteiger partial charge is 0.161 e. The highest BCUT2D eigenvalue weighted by Gasteiger charge is 2.15. The molecule has 3 rings (SSSR count). The molecule has 0 radical (unpaired) electrons. The maximum absolute atomic E-state index is 6.02. The Kier molecular flexibility index (Phi) is 4.34. The zero-order valence-corrected chi connectivity index (χ0v) is 13.1. The van der Waals surface area contributed by atoms with Gasteiger partial charge in [-0.2, -0.15) is 0 Å². The molecule has 0 saturated heterocycles. The van der Waals surface area contributed by atoms with Crippen LogP contribution in [0.4, 0.5) is 5.82 Å². The summed E-state index contributed by atoms with van der Waals surface area (Å²) in [6.45, 7) is 7.54. The maximum Gasteiger partial charge on any atom is 0.161 e. The molecule has 0 bridgehead atoms. The summed E-state index contributed by atoms with van der Waals surface area (Å²) in [5.74, 6) is 0.967. The molecule has 4 N–H and O–H groups in total. The van der Waals surface area contributed by atoms with Crippen molar-refractivity contribution >= 4 is 23.5 Å². The van der Waals surface area contributed by atoms with Crippen molar-refractivity contribution in [2.24, 2.45) is 0 Å². The van der Waals surface area contributed by atoms with Gasteiger partial charge in [0.2, 0.25) is 0 Å². The van der Waals surface area contributed by atoms with Gasteiger partial charge in [-0.15, -0.1) is 0 Å². The molecule has 0 unspecified atom stereocenters. The summed E-state index contributed by atoms with van der Waals surface area (Å²) in [5.41, 5.74) is 10.3. The van der Waals surface area contributed by atoms with Crippen molar-refractivity contribution in [3.63, 3.8) is 0 Å². The van der Waals surface area contributed by atoms with Gasteiger partial charge in [0.1, 0.15) is 5.69 Å². The van der Waals surface area contributed by atoms with Gasteiger partial charge < -0.3 is 16.0 Å². The molecule has 118 valence electrons. The van der Waals surface area contributed by atoms with E-state index in [0.717, 1.165) is 36.6 Å². The predicted octanol–water partition coefficient (Wildman–Crippen LogP) is 2.50. The maximum atomic E-state index is 6.02. The van der Waals surface area contributed by atoms with Crippen molar-refractivity contribution in [1.82, 2.24) is 25.3 Å². The molecule has 0 saturated carbocycles. The number of hydrogen-bond donors (Lipinski definition) is 3. The van der Waals surface area contributed by atoms with E-state index in [1.54, 1.807) is 12.3 Å². The first kappa shape index (κ1) is 15.2. The van der Waals surface area contributed by atoms with Crippen LogP contribution in [-0.2, 0) is 0 Å². The molecule has 2 aromatic rings. The first-order chi connectivity index (χ1) is 11.2. The van der Waals surface area contributed by atoms with Crippen LogP contribution in [0.3, 0.4) is 0 Å². The Morgan fingerprint density at radius 1 is 1.35 bits per heavy atom. The molecule has 0 fully saturated rings. The largest absolute Gasteiger partial charge is 0.382 e. The summed E-state index contributed by atoms with van der Waals surface area (Å²) in [7, 11) is 0. The quantitative estimate of drug-likeness (QED) is 0.807. The Morgan fingerprint density at radius 2 is 2.22 bits per heavy atom. The number of rotatable bonds is 4. The second kappa shape index (κ2) is 6.58. The number of aromatic amines is 1. The molecule has 0 atom stereocenters. The van der Waals surface area contributed by atoms with Gasteiger partial charge in [-0.05, 0) is 37.6 Å². The molecule has 0 aliphatic carbocycles. The summed E-state index contributed by atoms with van der Waals surface area (Å²) < 4.78 is 0. The number of nitrogens with zero attached hydrogens (tertiary/aromatic N) is 3. The van der Waals surface area contributed by atoms with Gasteiger partial charge in [-0.25, -0.2) is 15.0 Å². The Bertz CT molecular complexity index is 784. The number of aromatic nitrogens is 4. The number of H-pyrrole nitrogens is 1. The first-order valence-corrected chi connectivity index (χ1v) is 7.61. The summed E-state index contributed by atoms with van der Waals surface area (Å²) in [4.78, 5) is 16.7. The molecule has 3 heterocycles. The van der Waals surface area contributed by atoms with E-state index in [9.17, 15) is 0 Å². The topological polar surface area (TPSA) is 92.5 Å². The standard InChI is InChI=1S/C17H20N6/c1-3-5-13-12(4-2)22-17(23-13)15-16(18)20-10-14(21-15)11-6-8-19-9-7-11/h3-6,10,19H,2,7-9H2,1H3,(H2,18,20)(H,22,23)/b5-3-. The van der Waals surface area contributed by atoms with E-state index in [4.69, 9.17) is 5.73 Å². The first-order valence-electron chi connectivity index (χ1n) is 7.61. The Balaban J connectivity index is 2.05. The van der Waals surface area contributed by atoms with E-state index in [1.807, 2.05) is 19.1 Å². The van der Waals surface area contributed by atoms with Gasteiger partial charge in [-0.1, -0.05) is 18.7 Å². The van der Waals surface area contributed by atoms with Crippen molar-refractivity contribution in [2.75, 3.05) is 18.8 Å². The monoisotopic (exact) mass is 308 g/mol. The van der Waals surface area contributed by atoms with Crippen molar-refractivity contribution in [2.45, 2.75) is 13.3 Å². The predicted molar refractivity (Wildman–Crippen MR) is 94.3 cm³/mol. The third-order valence-electron chi connectivity index (χ3n) is 3.71. The van der Waals surface area contributed by atoms with E-state index < -0.39 is 0 Å². The van der Waals surface area contributed by atoms with Crippen LogP contribution in [0, 0.1) is 0 Å². The minimum Gasteiger partial charge on any atom is -0.382 e. The highest BCUT2D eigenvalue weighted by Crippen LogP contribution is 2.25. The van der Waals surface area contributed by atoms with Crippen LogP contribution in [0.15, 0.2) is 24.9 Å². The second-order valence-electron chi connectivity index (χ2n) is 5.26. The van der Waals surface area contributed by atoms with Crippen LogP contribution in [0.5, 0.6) is 0 Å². The number of hydrogen-bond acceptors (Lipinski definition) is 5. The molecule has 1 aliphatic heterocycles. The molecule has 23 heavy (non-hydrogen) atoms. The lowest BCUT2D eigenvalue weighted by atomic mass is 10.1. The van der Waals surface area contributed by atoms with Crippen LogP contribution in [-0.4, -0.2) is 33.0 Å². The summed E-state index contributed by atoms with van der Waals surface area (Å²) in [5, 5.41) is 3.29. The van der Waals surface area contributed by atoms with Gasteiger partial charge in [-0.3, -0.25) is 0 Å². The fraction of sp³-hybridized carbons (Fsp3) is 0.235. The minimum atomic E-state index is 0.361. The van der Waals surface area contributed by atoms with Crippen LogP contribution >= 0.6 is 0 Å². The molecule has 2 aromatic heterocycles. The summed E-state index contributed by atoms with van der Waals surface area (Å²) >= 11 is 0. The molecule has 0 aromatic carbocycles. The lowest BCUT2D eigenvalue weighted by Gasteiger charge is -2.14. The van der Waals surface area contributed by atoms with Crippen LogP contribution in [0.1, 0.15) is 30.4 Å². The second-order valence-corrected chi connectivity index (χ2v) is 5.26. The summed E-state index contributed by atoms with van der Waals surface area (Å²) in [6.07, 6.45) is 10.4. The van der Waals surface area contributed by atoms with Crippen molar-refractivity contribution in [3.05, 3.63) is 42.0 Å². The summed E-state index contributed by atoms with van der Waals surface area (Å²) in [6, 6.07) is 0. The van der Waals surface area contributed by atoms with Gasteiger partial charge in [0.05, 0.1) is 23.3 Å². The van der Waals surface area contributed by atoms with Gasteiger partial charge in [0, 0.05) is 6.54 Å². The van der Waals surface area contributed by atoms with Crippen molar-refractivity contribution in [3.8, 4) is 11.5 Å². The Hall–Kier alpha value is -2.73. The number of anilines is 1. The molecular weight excluding hydrogens is 288 g/mol. The van der Waals surface area contributed by atoms with E-state index in [-0.39, 0.29) is 0 Å². The fourth-order valence-corrected chi connectivity index (χ4v) is 2.54. The number of nitrogen functional groups attached to an aromatic ring is 1. The highest BCUT2D eigenvalue weighted by molar-refractivity contribution is 5.72. The van der Waals surface area contributed by atoms with E-state index in [2.05, 4.69) is 37.9 Å². The van der Waals surface area contributed by atoms with Gasteiger partial charge in [0.25, 0.3) is 0 Å². The van der Waals surface area contributed by atoms with Crippen LogP contribution < -0.4 is 11.1 Å². The van der Waals surface area contributed by atoms with E-state index in [0.29, 0.717) is 17.3 Å². The van der Waals surface area contributed by atoms with Crippen molar-refractivity contribution < 1.29 is 0 Å². The Morgan fingerprint density at radius 3 is 2.91 bits per heavy atom. The number of nitrogens with two attached hydrogens (primary N) is 1. The average Bonchev–Trinajstić information content (AvgIpc) is 2.99. The Labute approximate surface area is 135 Å². The number of allylic oxidation sites excluding steroid dienone is 1. The van der Waals surface area contributed by atoms with E-state index in [1.165, 1.54) is 5.57 Å². The minimum absolute atomic E-state index is 0.361. The highest BCUT2D eigenvalue weighted by atomic mass is 15.0. The third-order valence-corrected chi connectivity index (χ3v) is 3.71. The number of imidazole rings is 1. The molecule has 1 aliphatic rings. The fourth-order valence-electron chi connectivity index (χ4n) is 2.54. The normalized spacial score (nSPS) is 14.9. The van der Waals surface area contributed by atoms with Crippen LogP contribution in [0.25, 0.3) is 29.2 Å². The van der Waals surface area contributed by atoms with E-state index >= 15 is 0 Å². The van der Waals surface area contributed by atoms with Crippen LogP contribution in [0.2, 0.25) is 0 Å². The number of nitrogens with one attached hydrogen (secondary N) is 2. The zero-order valence-electron chi connectivity index (χ0n) is 13.1. The third kappa shape index (κ3) is 3.07. The lowest BCUT2D eigenvalue weighted by Crippen LogP contribution is -2.20. The SMILES string of the molecule is C=Cc1nc(-c2nc(C3=CCNCC3)cnc2N)[nH]c1/C=C\C. The lowest BCUT2D eigenvalue weighted by molar-refractivity contribution is 0.736. The molecule has 6 heteroatoms. The zero-order chi connectivity index (χ0) is 16.2. The van der Waals surface area contributed by atoms with Gasteiger partial charge in [0.15, 0.2) is 11.6 Å². The molecular formula is C17H20N6.